The molecule has 2 aromatic carbocycles. The van der Waals surface area contributed by atoms with Gasteiger partial charge in [0.05, 0.1) is 5.75 Å². The van der Waals surface area contributed by atoms with Gasteiger partial charge in [0.15, 0.2) is 28.3 Å². The van der Waals surface area contributed by atoms with E-state index in [4.69, 9.17) is 4.74 Å². The first kappa shape index (κ1) is 19.8. The monoisotopic (exact) mass is 401 g/mol. The zero-order valence-corrected chi connectivity index (χ0v) is 15.7. The highest BCUT2D eigenvalue weighted by molar-refractivity contribution is 7.99. The molecule has 0 aliphatic heterocycles. The number of halogens is 2. The second kappa shape index (κ2) is 9.27. The minimum absolute atomic E-state index is 0.0221. The van der Waals surface area contributed by atoms with Crippen LogP contribution in [-0.4, -0.2) is 26.3 Å². The second-order valence-electron chi connectivity index (χ2n) is 5.74. The smallest absolute Gasteiger partial charge is 0.192 e. The van der Waals surface area contributed by atoms with E-state index in [2.05, 4.69) is 16.8 Å². The van der Waals surface area contributed by atoms with Crippen LogP contribution in [-0.2, 0) is 13.2 Å². The van der Waals surface area contributed by atoms with E-state index in [0.29, 0.717) is 23.1 Å². The number of ether oxygens (including phenoxy) is 1. The van der Waals surface area contributed by atoms with E-state index in [0.717, 1.165) is 0 Å². The van der Waals surface area contributed by atoms with Gasteiger partial charge in [-0.15, -0.1) is 16.8 Å². The van der Waals surface area contributed by atoms with E-state index in [1.165, 1.54) is 48.2 Å². The van der Waals surface area contributed by atoms with Crippen LogP contribution in [0, 0.1) is 11.6 Å². The Bertz CT molecular complexity index is 974. The molecule has 8 heteroatoms. The van der Waals surface area contributed by atoms with E-state index >= 15 is 0 Å². The standard InChI is InChI=1S/C20H17F2N3O2S/c1-2-11-25-19(12-27-18-6-4-3-5-16(18)22)23-24-20(25)28-13-17(26)14-7-9-15(21)10-8-14/h2-10H,1,11-13H2. The Hall–Kier alpha value is -3.00. The fraction of sp³-hybridized carbons (Fsp3) is 0.150. The zero-order chi connectivity index (χ0) is 19.9. The van der Waals surface area contributed by atoms with Gasteiger partial charge in [-0.3, -0.25) is 9.36 Å². The Kier molecular flexibility index (Phi) is 6.54. The first-order valence-electron chi connectivity index (χ1n) is 8.40. The van der Waals surface area contributed by atoms with Crippen LogP contribution in [0.1, 0.15) is 16.2 Å². The molecule has 1 heterocycles. The zero-order valence-electron chi connectivity index (χ0n) is 14.8. The SMILES string of the molecule is C=CCn1c(COc2ccccc2F)nnc1SCC(=O)c1ccc(F)cc1. The molecule has 0 aliphatic rings. The van der Waals surface area contributed by atoms with Gasteiger partial charge < -0.3 is 4.74 Å². The number of rotatable bonds is 9. The van der Waals surface area contributed by atoms with Crippen LogP contribution >= 0.6 is 11.8 Å². The Morgan fingerprint density at radius 1 is 1.14 bits per heavy atom. The first-order valence-corrected chi connectivity index (χ1v) is 9.39. The largest absolute Gasteiger partial charge is 0.483 e. The number of hydrogen-bond donors (Lipinski definition) is 0. The summed E-state index contributed by atoms with van der Waals surface area (Å²) < 4.78 is 33.9. The third-order valence-electron chi connectivity index (χ3n) is 3.80. The first-order chi connectivity index (χ1) is 13.6. The Balaban J connectivity index is 1.68. The van der Waals surface area contributed by atoms with Crippen molar-refractivity contribution in [3.8, 4) is 5.75 Å². The number of hydrogen-bond acceptors (Lipinski definition) is 5. The van der Waals surface area contributed by atoms with Crippen LogP contribution in [0.25, 0.3) is 0 Å². The average Bonchev–Trinajstić information content (AvgIpc) is 3.08. The van der Waals surface area contributed by atoms with Gasteiger partial charge in [0, 0.05) is 12.1 Å². The van der Waals surface area contributed by atoms with E-state index in [1.54, 1.807) is 22.8 Å². The van der Waals surface area contributed by atoms with Crippen molar-refractivity contribution >= 4 is 17.5 Å². The molecular formula is C20H17F2N3O2S. The lowest BCUT2D eigenvalue weighted by Crippen LogP contribution is -2.09. The van der Waals surface area contributed by atoms with Gasteiger partial charge in [0.1, 0.15) is 12.4 Å². The summed E-state index contributed by atoms with van der Waals surface area (Å²) in [5.74, 6) is -0.278. The van der Waals surface area contributed by atoms with E-state index in [1.807, 2.05) is 0 Å². The molecule has 0 radical (unpaired) electrons. The van der Waals surface area contributed by atoms with Gasteiger partial charge in [0.2, 0.25) is 0 Å². The lowest BCUT2D eigenvalue weighted by Gasteiger charge is -2.09. The van der Waals surface area contributed by atoms with Gasteiger partial charge in [-0.2, -0.15) is 0 Å². The number of carbonyl (C=O) groups is 1. The predicted octanol–water partition coefficient (Wildman–Crippen LogP) is 4.30. The minimum Gasteiger partial charge on any atom is -0.483 e. The molecule has 0 bridgehead atoms. The number of allylic oxidation sites excluding steroid dienone is 1. The fourth-order valence-corrected chi connectivity index (χ4v) is 3.26. The van der Waals surface area contributed by atoms with Crippen molar-refractivity contribution in [3.63, 3.8) is 0 Å². The molecule has 144 valence electrons. The quantitative estimate of drug-likeness (QED) is 0.304. The van der Waals surface area contributed by atoms with Gasteiger partial charge in [0.25, 0.3) is 0 Å². The van der Waals surface area contributed by atoms with Crippen LogP contribution in [0.5, 0.6) is 5.75 Å². The predicted molar refractivity (Wildman–Crippen MR) is 102 cm³/mol. The third kappa shape index (κ3) is 4.83. The molecule has 0 atom stereocenters. The van der Waals surface area contributed by atoms with Crippen molar-refractivity contribution in [2.45, 2.75) is 18.3 Å². The lowest BCUT2D eigenvalue weighted by atomic mass is 10.1. The minimum atomic E-state index is -0.461. The van der Waals surface area contributed by atoms with Crippen LogP contribution in [0.3, 0.4) is 0 Å². The van der Waals surface area contributed by atoms with Crippen LogP contribution < -0.4 is 4.74 Å². The Labute approximate surface area is 165 Å². The van der Waals surface area contributed by atoms with Crippen LogP contribution in [0.2, 0.25) is 0 Å². The highest BCUT2D eigenvalue weighted by atomic mass is 32.2. The molecule has 0 fully saturated rings. The summed E-state index contributed by atoms with van der Waals surface area (Å²) in [6.07, 6.45) is 1.67. The summed E-state index contributed by atoms with van der Waals surface area (Å²) >= 11 is 1.21. The number of para-hydroxylation sites is 1. The maximum Gasteiger partial charge on any atom is 0.192 e. The fourth-order valence-electron chi connectivity index (χ4n) is 2.40. The Morgan fingerprint density at radius 2 is 1.89 bits per heavy atom. The van der Waals surface area contributed by atoms with Gasteiger partial charge in [-0.1, -0.05) is 30.0 Å². The summed E-state index contributed by atoms with van der Waals surface area (Å²) in [4.78, 5) is 12.3. The normalized spacial score (nSPS) is 10.6. The molecule has 0 saturated carbocycles. The molecule has 3 rings (SSSR count). The molecule has 0 amide bonds. The van der Waals surface area contributed by atoms with Crippen molar-refractivity contribution in [3.05, 3.63) is 84.2 Å². The summed E-state index contributed by atoms with van der Waals surface area (Å²) in [5, 5.41) is 8.69. The van der Waals surface area contributed by atoms with Crippen molar-refractivity contribution in [2.75, 3.05) is 5.75 Å². The lowest BCUT2D eigenvalue weighted by molar-refractivity contribution is 0.102. The van der Waals surface area contributed by atoms with Crippen molar-refractivity contribution in [1.82, 2.24) is 14.8 Å². The molecule has 0 aliphatic carbocycles. The molecule has 1 aromatic heterocycles. The molecule has 0 spiro atoms. The topological polar surface area (TPSA) is 57.0 Å². The summed E-state index contributed by atoms with van der Waals surface area (Å²) in [6, 6.07) is 11.5. The Morgan fingerprint density at radius 3 is 2.61 bits per heavy atom. The molecule has 0 N–H and O–H groups in total. The molecule has 3 aromatic rings. The number of aromatic nitrogens is 3. The second-order valence-corrected chi connectivity index (χ2v) is 6.68. The van der Waals surface area contributed by atoms with Gasteiger partial charge >= 0.3 is 0 Å². The summed E-state index contributed by atoms with van der Waals surface area (Å²) in [7, 11) is 0. The van der Waals surface area contributed by atoms with Crippen LogP contribution in [0.15, 0.2) is 66.3 Å². The third-order valence-corrected chi connectivity index (χ3v) is 4.76. The van der Waals surface area contributed by atoms with E-state index in [-0.39, 0.29) is 23.9 Å². The number of benzene rings is 2. The van der Waals surface area contributed by atoms with E-state index in [9.17, 15) is 13.6 Å². The maximum atomic E-state index is 13.7. The number of nitrogens with zero attached hydrogens (tertiary/aromatic N) is 3. The summed E-state index contributed by atoms with van der Waals surface area (Å²) in [5.41, 5.74) is 0.423. The number of ketones is 1. The number of carbonyl (C=O) groups excluding carboxylic acids is 1. The highest BCUT2D eigenvalue weighted by Crippen LogP contribution is 2.21. The highest BCUT2D eigenvalue weighted by Gasteiger charge is 2.15. The molecule has 5 nitrogen and oxygen atoms in total. The van der Waals surface area contributed by atoms with E-state index < -0.39 is 11.6 Å². The van der Waals surface area contributed by atoms with Gasteiger partial charge in [-0.05, 0) is 36.4 Å². The van der Waals surface area contributed by atoms with Gasteiger partial charge in [-0.25, -0.2) is 8.78 Å². The molecule has 0 saturated heterocycles. The molecule has 0 unspecified atom stereocenters. The summed E-state index contributed by atoms with van der Waals surface area (Å²) in [6.45, 7) is 4.15. The number of thioether (sulfide) groups is 1. The molecular weight excluding hydrogens is 384 g/mol. The number of Topliss-reactive ketones (excluding diaryl/α,β-unsaturated/α-hetero) is 1. The van der Waals surface area contributed by atoms with Crippen molar-refractivity contribution < 1.29 is 18.3 Å². The van der Waals surface area contributed by atoms with Crippen molar-refractivity contribution in [1.29, 1.82) is 0 Å². The maximum absolute atomic E-state index is 13.7. The molecule has 28 heavy (non-hydrogen) atoms. The van der Waals surface area contributed by atoms with Crippen molar-refractivity contribution in [2.24, 2.45) is 0 Å². The average molecular weight is 401 g/mol. The van der Waals surface area contributed by atoms with Crippen LogP contribution in [0.4, 0.5) is 8.78 Å².